The summed E-state index contributed by atoms with van der Waals surface area (Å²) in [5.74, 6) is -0.0704. The van der Waals surface area contributed by atoms with Crippen LogP contribution in [0, 0.1) is 6.92 Å². The van der Waals surface area contributed by atoms with Crippen molar-refractivity contribution in [2.75, 3.05) is 0 Å². The lowest BCUT2D eigenvalue weighted by Gasteiger charge is -2.07. The molecule has 2 aromatic rings. The Hall–Kier alpha value is -0.840. The van der Waals surface area contributed by atoms with Crippen molar-refractivity contribution in [3.63, 3.8) is 0 Å². The normalized spacial score (nSPS) is 10.8. The van der Waals surface area contributed by atoms with Crippen molar-refractivity contribution >= 4 is 44.9 Å². The van der Waals surface area contributed by atoms with Crippen molar-refractivity contribution < 1.29 is 4.79 Å². The smallest absolute Gasteiger partial charge is 0.170 e. The second-order valence-electron chi connectivity index (χ2n) is 4.39. The van der Waals surface area contributed by atoms with Gasteiger partial charge in [-0.3, -0.25) is 9.48 Å². The summed E-state index contributed by atoms with van der Waals surface area (Å²) in [6, 6.07) is 5.21. The van der Waals surface area contributed by atoms with E-state index < -0.39 is 0 Å². The number of hydrogen-bond acceptors (Lipinski definition) is 2. The van der Waals surface area contributed by atoms with Crippen molar-refractivity contribution in [2.24, 2.45) is 0 Å². The zero-order valence-corrected chi connectivity index (χ0v) is 14.2. The van der Waals surface area contributed by atoms with E-state index in [9.17, 15) is 4.79 Å². The van der Waals surface area contributed by atoms with Crippen LogP contribution in [0.4, 0.5) is 0 Å². The molecule has 0 N–H and O–H groups in total. The Balaban J connectivity index is 2.32. The molecule has 1 aromatic carbocycles. The van der Waals surface area contributed by atoms with E-state index in [-0.39, 0.29) is 12.2 Å². The second kappa shape index (κ2) is 6.29. The summed E-state index contributed by atoms with van der Waals surface area (Å²) in [7, 11) is 0. The third kappa shape index (κ3) is 3.08. The lowest BCUT2D eigenvalue weighted by molar-refractivity contribution is 0.0990. The molecular formula is C14H13BrCl2N2O. The van der Waals surface area contributed by atoms with E-state index in [1.54, 1.807) is 22.9 Å². The first-order valence-electron chi connectivity index (χ1n) is 6.14. The van der Waals surface area contributed by atoms with Gasteiger partial charge in [0.1, 0.15) is 0 Å². The highest BCUT2D eigenvalue weighted by atomic mass is 79.9. The molecule has 3 nitrogen and oxygen atoms in total. The van der Waals surface area contributed by atoms with E-state index in [2.05, 4.69) is 21.0 Å². The Morgan fingerprint density at radius 3 is 2.70 bits per heavy atom. The van der Waals surface area contributed by atoms with Gasteiger partial charge in [0.05, 0.1) is 27.9 Å². The van der Waals surface area contributed by atoms with Crippen LogP contribution in [0.5, 0.6) is 0 Å². The fraction of sp³-hybridized carbons (Fsp3) is 0.286. The molecule has 0 bridgehead atoms. The Kier molecular flexibility index (Phi) is 4.89. The zero-order chi connectivity index (χ0) is 14.9. The van der Waals surface area contributed by atoms with Crippen LogP contribution in [0.25, 0.3) is 0 Å². The number of aryl methyl sites for hydroxylation is 2. The molecule has 0 unspecified atom stereocenters. The molecule has 1 aromatic heterocycles. The molecule has 0 fully saturated rings. The van der Waals surface area contributed by atoms with E-state index in [1.165, 1.54) is 0 Å². The van der Waals surface area contributed by atoms with Gasteiger partial charge in [0.2, 0.25) is 0 Å². The molecule has 0 spiro atoms. The quantitative estimate of drug-likeness (QED) is 0.725. The Labute approximate surface area is 136 Å². The minimum Gasteiger partial charge on any atom is -0.294 e. The summed E-state index contributed by atoms with van der Waals surface area (Å²) in [5, 5.41) is 5.28. The average molecular weight is 376 g/mol. The number of hydrogen-bond donors (Lipinski definition) is 0. The van der Waals surface area contributed by atoms with Gasteiger partial charge in [-0.25, -0.2) is 0 Å². The van der Waals surface area contributed by atoms with Gasteiger partial charge in [-0.2, -0.15) is 5.10 Å². The monoisotopic (exact) mass is 374 g/mol. The van der Waals surface area contributed by atoms with Crippen LogP contribution in [0.3, 0.4) is 0 Å². The highest BCUT2D eigenvalue weighted by Gasteiger charge is 2.18. The third-order valence-corrected chi connectivity index (χ3v) is 4.31. The van der Waals surface area contributed by atoms with Crippen LogP contribution >= 0.6 is 39.1 Å². The van der Waals surface area contributed by atoms with Gasteiger partial charge in [0.15, 0.2) is 5.78 Å². The number of carbonyl (C=O) groups excluding carboxylic acids is 1. The van der Waals surface area contributed by atoms with Crippen molar-refractivity contribution in [2.45, 2.75) is 26.8 Å². The molecule has 0 aliphatic rings. The number of halogens is 3. The maximum Gasteiger partial charge on any atom is 0.170 e. The number of benzene rings is 1. The first kappa shape index (κ1) is 15.5. The number of carbonyl (C=O) groups is 1. The summed E-state index contributed by atoms with van der Waals surface area (Å²) >= 11 is 15.6. The van der Waals surface area contributed by atoms with Crippen molar-refractivity contribution in [1.29, 1.82) is 0 Å². The predicted octanol–water partition coefficient (Wildman–Crippen LogP) is 4.71. The molecule has 0 saturated carbocycles. The largest absolute Gasteiger partial charge is 0.294 e. The number of rotatable bonds is 4. The van der Waals surface area contributed by atoms with Crippen molar-refractivity contribution in [3.8, 4) is 0 Å². The van der Waals surface area contributed by atoms with E-state index in [0.717, 1.165) is 15.9 Å². The van der Waals surface area contributed by atoms with Gasteiger partial charge >= 0.3 is 0 Å². The standard InChI is InChI=1S/C14H13BrCl2N2O/c1-3-19-12(14(17)8(2)18-19)7-13(20)10-5-4-9(15)6-11(10)16/h4-6H,3,7H2,1-2H3. The third-order valence-electron chi connectivity index (χ3n) is 3.01. The van der Waals surface area contributed by atoms with Gasteiger partial charge in [0.25, 0.3) is 0 Å². The van der Waals surface area contributed by atoms with Gasteiger partial charge in [0, 0.05) is 16.6 Å². The predicted molar refractivity (Wildman–Crippen MR) is 84.8 cm³/mol. The van der Waals surface area contributed by atoms with Gasteiger partial charge in [-0.15, -0.1) is 0 Å². The van der Waals surface area contributed by atoms with Gasteiger partial charge in [-0.1, -0.05) is 39.1 Å². The van der Waals surface area contributed by atoms with Crippen LogP contribution in [-0.4, -0.2) is 15.6 Å². The molecule has 1 heterocycles. The second-order valence-corrected chi connectivity index (χ2v) is 6.09. The molecule has 0 atom stereocenters. The van der Waals surface area contributed by atoms with E-state index in [0.29, 0.717) is 22.2 Å². The molecular weight excluding hydrogens is 363 g/mol. The highest BCUT2D eigenvalue weighted by Crippen LogP contribution is 2.25. The fourth-order valence-electron chi connectivity index (χ4n) is 2.00. The average Bonchev–Trinajstić information content (AvgIpc) is 2.66. The molecule has 0 aliphatic heterocycles. The lowest BCUT2D eigenvalue weighted by atomic mass is 10.1. The lowest BCUT2D eigenvalue weighted by Crippen LogP contribution is -2.10. The summed E-state index contributed by atoms with van der Waals surface area (Å²) in [4.78, 5) is 12.4. The van der Waals surface area contributed by atoms with E-state index >= 15 is 0 Å². The van der Waals surface area contributed by atoms with Crippen LogP contribution in [0.15, 0.2) is 22.7 Å². The van der Waals surface area contributed by atoms with Crippen LogP contribution < -0.4 is 0 Å². The number of aromatic nitrogens is 2. The number of ketones is 1. The number of Topliss-reactive ketones (excluding diaryl/α,β-unsaturated/α-hetero) is 1. The minimum absolute atomic E-state index is 0.0704. The topological polar surface area (TPSA) is 34.9 Å². The van der Waals surface area contributed by atoms with Crippen molar-refractivity contribution in [3.05, 3.63) is 49.7 Å². The Morgan fingerprint density at radius 1 is 1.40 bits per heavy atom. The molecule has 0 amide bonds. The number of nitrogens with zero attached hydrogens (tertiary/aromatic N) is 2. The Morgan fingerprint density at radius 2 is 2.10 bits per heavy atom. The minimum atomic E-state index is -0.0704. The molecule has 6 heteroatoms. The first-order valence-corrected chi connectivity index (χ1v) is 7.69. The molecule has 106 valence electrons. The maximum absolute atomic E-state index is 12.4. The molecule has 0 saturated heterocycles. The van der Waals surface area contributed by atoms with Crippen molar-refractivity contribution in [1.82, 2.24) is 9.78 Å². The summed E-state index contributed by atoms with van der Waals surface area (Å²) < 4.78 is 2.59. The molecule has 20 heavy (non-hydrogen) atoms. The Bertz CT molecular complexity index is 667. The highest BCUT2D eigenvalue weighted by molar-refractivity contribution is 9.10. The SMILES string of the molecule is CCn1nc(C)c(Cl)c1CC(=O)c1ccc(Br)cc1Cl. The first-order chi connectivity index (χ1) is 9.43. The van der Waals surface area contributed by atoms with Crippen LogP contribution in [0.1, 0.15) is 28.7 Å². The van der Waals surface area contributed by atoms with Gasteiger partial charge in [-0.05, 0) is 32.0 Å². The van der Waals surface area contributed by atoms with Crippen LogP contribution in [0.2, 0.25) is 10.0 Å². The molecule has 0 radical (unpaired) electrons. The fourth-order valence-corrected chi connectivity index (χ4v) is 2.98. The van der Waals surface area contributed by atoms with E-state index in [4.69, 9.17) is 23.2 Å². The van der Waals surface area contributed by atoms with Crippen LogP contribution in [-0.2, 0) is 13.0 Å². The van der Waals surface area contributed by atoms with E-state index in [1.807, 2.05) is 13.8 Å². The summed E-state index contributed by atoms with van der Waals surface area (Å²) in [5.41, 5.74) is 1.96. The zero-order valence-electron chi connectivity index (χ0n) is 11.1. The molecule has 2 rings (SSSR count). The van der Waals surface area contributed by atoms with Gasteiger partial charge < -0.3 is 0 Å². The summed E-state index contributed by atoms with van der Waals surface area (Å²) in [6.07, 6.45) is 0.189. The molecule has 0 aliphatic carbocycles. The summed E-state index contributed by atoms with van der Waals surface area (Å²) in [6.45, 7) is 4.46. The maximum atomic E-state index is 12.4.